The Hall–Kier alpha value is -1.26. The van der Waals surface area contributed by atoms with Gasteiger partial charge in [-0.3, -0.25) is 0 Å². The second kappa shape index (κ2) is 6.78. The molecule has 2 aromatic rings. The van der Waals surface area contributed by atoms with Crippen molar-refractivity contribution < 1.29 is 0 Å². The van der Waals surface area contributed by atoms with Gasteiger partial charge in [-0.05, 0) is 19.1 Å². The zero-order chi connectivity index (χ0) is 13.7. The van der Waals surface area contributed by atoms with E-state index >= 15 is 0 Å². The second-order valence-corrected chi connectivity index (χ2v) is 6.14. The Kier molecular flexibility index (Phi) is 5.05. The molecule has 0 aliphatic rings. The number of benzene rings is 1. The van der Waals surface area contributed by atoms with Gasteiger partial charge in [0.05, 0.1) is 0 Å². The van der Waals surface area contributed by atoms with E-state index in [-0.39, 0.29) is 0 Å². The van der Waals surface area contributed by atoms with E-state index in [4.69, 9.17) is 11.6 Å². The van der Waals surface area contributed by atoms with Crippen molar-refractivity contribution in [1.82, 2.24) is 9.97 Å². The summed E-state index contributed by atoms with van der Waals surface area (Å²) in [5.74, 6) is 1.45. The van der Waals surface area contributed by atoms with E-state index in [2.05, 4.69) is 46.5 Å². The third-order valence-electron chi connectivity index (χ3n) is 2.46. The van der Waals surface area contributed by atoms with Crippen LogP contribution < -0.4 is 5.32 Å². The average molecular weight is 294 g/mol. The Morgan fingerprint density at radius 2 is 2.00 bits per heavy atom. The first-order valence-corrected chi connectivity index (χ1v) is 7.36. The SMILES string of the molecule is Cc1nc(Cl)cc(NCC(C)Sc2ccccc2)n1. The lowest BCUT2D eigenvalue weighted by molar-refractivity contribution is 0.968. The van der Waals surface area contributed by atoms with Crippen molar-refractivity contribution in [2.45, 2.75) is 24.0 Å². The van der Waals surface area contributed by atoms with Crippen molar-refractivity contribution in [2.75, 3.05) is 11.9 Å². The van der Waals surface area contributed by atoms with Crippen LogP contribution in [0.2, 0.25) is 5.15 Å². The van der Waals surface area contributed by atoms with Crippen molar-refractivity contribution in [3.05, 3.63) is 47.4 Å². The lowest BCUT2D eigenvalue weighted by atomic mass is 10.4. The van der Waals surface area contributed by atoms with Crippen LogP contribution in [0.15, 0.2) is 41.3 Å². The predicted octanol–water partition coefficient (Wildman–Crippen LogP) is 4.03. The number of anilines is 1. The molecule has 1 atom stereocenters. The number of halogens is 1. The molecule has 1 heterocycles. The summed E-state index contributed by atoms with van der Waals surface area (Å²) in [4.78, 5) is 9.61. The molecule has 5 heteroatoms. The monoisotopic (exact) mass is 293 g/mol. The van der Waals surface area contributed by atoms with Gasteiger partial charge in [-0.2, -0.15) is 0 Å². The van der Waals surface area contributed by atoms with E-state index in [9.17, 15) is 0 Å². The molecule has 1 aromatic carbocycles. The van der Waals surface area contributed by atoms with Crippen molar-refractivity contribution in [3.8, 4) is 0 Å². The summed E-state index contributed by atoms with van der Waals surface area (Å²) in [5, 5.41) is 4.20. The summed E-state index contributed by atoms with van der Waals surface area (Å²) in [6.45, 7) is 4.84. The van der Waals surface area contributed by atoms with Crippen LogP contribution in [0.3, 0.4) is 0 Å². The van der Waals surface area contributed by atoms with Crippen molar-refractivity contribution >= 4 is 29.2 Å². The number of aromatic nitrogens is 2. The second-order valence-electron chi connectivity index (χ2n) is 4.25. The highest BCUT2D eigenvalue weighted by Gasteiger charge is 2.05. The summed E-state index contributed by atoms with van der Waals surface area (Å²) in [6, 6.07) is 12.1. The minimum Gasteiger partial charge on any atom is -0.369 e. The van der Waals surface area contributed by atoms with Gasteiger partial charge >= 0.3 is 0 Å². The molecular weight excluding hydrogens is 278 g/mol. The third-order valence-corrected chi connectivity index (χ3v) is 3.76. The number of nitrogens with zero attached hydrogens (tertiary/aromatic N) is 2. The summed E-state index contributed by atoms with van der Waals surface area (Å²) in [7, 11) is 0. The van der Waals surface area contributed by atoms with E-state index in [0.717, 1.165) is 12.4 Å². The fraction of sp³-hybridized carbons (Fsp3) is 0.286. The number of rotatable bonds is 5. The van der Waals surface area contributed by atoms with E-state index in [1.54, 1.807) is 6.07 Å². The van der Waals surface area contributed by atoms with Crippen LogP contribution in [0, 0.1) is 6.92 Å². The summed E-state index contributed by atoms with van der Waals surface area (Å²) < 4.78 is 0. The molecule has 0 bridgehead atoms. The number of aryl methyl sites for hydroxylation is 1. The van der Waals surface area contributed by atoms with Crippen LogP contribution in [-0.2, 0) is 0 Å². The molecule has 0 aliphatic carbocycles. The predicted molar refractivity (Wildman–Crippen MR) is 82.0 cm³/mol. The van der Waals surface area contributed by atoms with Crippen molar-refractivity contribution in [1.29, 1.82) is 0 Å². The highest BCUT2D eigenvalue weighted by atomic mass is 35.5. The Morgan fingerprint density at radius 3 is 2.68 bits per heavy atom. The van der Waals surface area contributed by atoms with Crippen LogP contribution in [0.4, 0.5) is 5.82 Å². The molecule has 1 N–H and O–H groups in total. The fourth-order valence-electron chi connectivity index (χ4n) is 1.64. The lowest BCUT2D eigenvalue weighted by Crippen LogP contribution is -2.14. The zero-order valence-corrected chi connectivity index (χ0v) is 12.5. The standard InChI is InChI=1S/C14H16ClN3S/c1-10(19-12-6-4-3-5-7-12)9-16-14-8-13(15)17-11(2)18-14/h3-8,10H,9H2,1-2H3,(H,16,17,18). The van der Waals surface area contributed by atoms with Gasteiger partial charge in [0.25, 0.3) is 0 Å². The van der Waals surface area contributed by atoms with E-state index < -0.39 is 0 Å². The quantitative estimate of drug-likeness (QED) is 0.667. The maximum absolute atomic E-state index is 5.90. The topological polar surface area (TPSA) is 37.8 Å². The Balaban J connectivity index is 1.88. The molecule has 0 fully saturated rings. The first kappa shape index (κ1) is 14.2. The van der Waals surface area contributed by atoms with Crippen LogP contribution in [0.1, 0.15) is 12.7 Å². The maximum atomic E-state index is 5.90. The number of hydrogen-bond acceptors (Lipinski definition) is 4. The largest absolute Gasteiger partial charge is 0.369 e. The first-order valence-electron chi connectivity index (χ1n) is 6.10. The molecule has 0 saturated heterocycles. The minimum atomic E-state index is 0.441. The summed E-state index contributed by atoms with van der Waals surface area (Å²) >= 11 is 7.73. The molecular formula is C14H16ClN3S. The van der Waals surface area contributed by atoms with Crippen LogP contribution in [0.5, 0.6) is 0 Å². The summed E-state index contributed by atoms with van der Waals surface area (Å²) in [5.41, 5.74) is 0. The first-order chi connectivity index (χ1) is 9.13. The van der Waals surface area contributed by atoms with Crippen LogP contribution in [-0.4, -0.2) is 21.8 Å². The molecule has 0 radical (unpaired) electrons. The molecule has 3 nitrogen and oxygen atoms in total. The minimum absolute atomic E-state index is 0.441. The van der Waals surface area contributed by atoms with Gasteiger partial charge < -0.3 is 5.32 Å². The molecule has 0 amide bonds. The van der Waals surface area contributed by atoms with Gasteiger partial charge in [0.2, 0.25) is 0 Å². The van der Waals surface area contributed by atoms with E-state index in [0.29, 0.717) is 16.2 Å². The van der Waals surface area contributed by atoms with Gasteiger partial charge in [-0.15, -0.1) is 11.8 Å². The van der Waals surface area contributed by atoms with Crippen molar-refractivity contribution in [3.63, 3.8) is 0 Å². The Morgan fingerprint density at radius 1 is 1.26 bits per heavy atom. The normalized spacial score (nSPS) is 12.2. The van der Waals surface area contributed by atoms with Gasteiger partial charge in [-0.1, -0.05) is 36.7 Å². The Labute approximate surface area is 122 Å². The average Bonchev–Trinajstić information content (AvgIpc) is 2.36. The van der Waals surface area contributed by atoms with Crippen LogP contribution >= 0.6 is 23.4 Å². The molecule has 1 unspecified atom stereocenters. The van der Waals surface area contributed by atoms with E-state index in [1.807, 2.05) is 24.8 Å². The lowest BCUT2D eigenvalue weighted by Gasteiger charge is -2.13. The maximum Gasteiger partial charge on any atom is 0.134 e. The molecule has 1 aromatic heterocycles. The number of nitrogens with one attached hydrogen (secondary N) is 1. The Bertz CT molecular complexity index is 513. The smallest absolute Gasteiger partial charge is 0.134 e. The molecule has 100 valence electrons. The van der Waals surface area contributed by atoms with Crippen LogP contribution in [0.25, 0.3) is 0 Å². The highest BCUT2D eigenvalue weighted by molar-refractivity contribution is 8.00. The number of thioether (sulfide) groups is 1. The molecule has 0 aliphatic heterocycles. The third kappa shape index (κ3) is 4.73. The molecule has 0 spiro atoms. The fourth-order valence-corrected chi connectivity index (χ4v) is 2.81. The summed E-state index contributed by atoms with van der Waals surface area (Å²) in [6.07, 6.45) is 0. The molecule has 0 saturated carbocycles. The molecule has 2 rings (SSSR count). The zero-order valence-electron chi connectivity index (χ0n) is 10.9. The molecule has 19 heavy (non-hydrogen) atoms. The van der Waals surface area contributed by atoms with Gasteiger partial charge in [0.15, 0.2) is 0 Å². The number of hydrogen-bond donors (Lipinski definition) is 1. The van der Waals surface area contributed by atoms with Gasteiger partial charge in [-0.25, -0.2) is 9.97 Å². The van der Waals surface area contributed by atoms with Gasteiger partial charge in [0, 0.05) is 22.8 Å². The van der Waals surface area contributed by atoms with Gasteiger partial charge in [0.1, 0.15) is 16.8 Å². The van der Waals surface area contributed by atoms with E-state index in [1.165, 1.54) is 4.90 Å². The van der Waals surface area contributed by atoms with Crippen molar-refractivity contribution in [2.24, 2.45) is 0 Å². The highest BCUT2D eigenvalue weighted by Crippen LogP contribution is 2.23.